The van der Waals surface area contributed by atoms with Gasteiger partial charge in [-0.05, 0) is 6.07 Å². The molecule has 6 heteroatoms. The summed E-state index contributed by atoms with van der Waals surface area (Å²) in [4.78, 5) is 26.9. The quantitative estimate of drug-likeness (QED) is 0.470. The number of rotatable bonds is 6. The highest BCUT2D eigenvalue weighted by Crippen LogP contribution is 2.18. The molecule has 1 amide bonds. The number of aromatic nitrogens is 1. The molecule has 0 saturated carbocycles. The van der Waals surface area contributed by atoms with Crippen LogP contribution in [0, 0.1) is 0 Å². The van der Waals surface area contributed by atoms with Crippen molar-refractivity contribution >= 4 is 22.6 Å². The lowest BCUT2D eigenvalue weighted by atomic mass is 10.1. The van der Waals surface area contributed by atoms with Crippen molar-refractivity contribution in [1.82, 2.24) is 10.3 Å². The van der Waals surface area contributed by atoms with Crippen molar-refractivity contribution in [2.75, 3.05) is 20.8 Å². The maximum atomic E-state index is 12.1. The third kappa shape index (κ3) is 2.87. The molecule has 1 aromatic heterocycles. The van der Waals surface area contributed by atoms with Crippen LogP contribution in [0.2, 0.25) is 0 Å². The van der Waals surface area contributed by atoms with Crippen molar-refractivity contribution in [2.45, 2.75) is 6.29 Å². The number of benzene rings is 1. The minimum absolute atomic E-state index is 0.111. The minimum atomic E-state index is -0.686. The standard InChI is InChI=1S/C14H16N2O4/c1-19-12(20-2)8-16-14(18)13(17)10-7-15-11-6-4-3-5-9(10)11/h3-7,12,15H,8H2,1-2H3,(H,16,18). The zero-order valence-corrected chi connectivity index (χ0v) is 11.3. The van der Waals surface area contributed by atoms with Gasteiger partial charge in [-0.25, -0.2) is 0 Å². The maximum absolute atomic E-state index is 12.1. The van der Waals surface area contributed by atoms with Crippen LogP contribution in [0.25, 0.3) is 10.9 Å². The number of ether oxygens (including phenoxy) is 2. The molecule has 0 aliphatic rings. The number of methoxy groups -OCH3 is 2. The Morgan fingerprint density at radius 2 is 1.95 bits per heavy atom. The monoisotopic (exact) mass is 276 g/mol. The second-order valence-electron chi connectivity index (χ2n) is 4.19. The summed E-state index contributed by atoms with van der Waals surface area (Å²) in [6.45, 7) is 0.111. The van der Waals surface area contributed by atoms with Gasteiger partial charge in [-0.2, -0.15) is 0 Å². The van der Waals surface area contributed by atoms with Crippen LogP contribution in [0.4, 0.5) is 0 Å². The van der Waals surface area contributed by atoms with Gasteiger partial charge in [-0.15, -0.1) is 0 Å². The number of ketones is 1. The lowest BCUT2D eigenvalue weighted by Gasteiger charge is -2.13. The molecule has 0 unspecified atom stereocenters. The number of carbonyl (C=O) groups is 2. The minimum Gasteiger partial charge on any atom is -0.360 e. The summed E-state index contributed by atoms with van der Waals surface area (Å²) < 4.78 is 9.87. The molecule has 0 aliphatic heterocycles. The highest BCUT2D eigenvalue weighted by Gasteiger charge is 2.20. The van der Waals surface area contributed by atoms with Gasteiger partial charge < -0.3 is 19.8 Å². The molecule has 2 aromatic rings. The SMILES string of the molecule is COC(CNC(=O)C(=O)c1c[nH]c2ccccc12)OC. The summed E-state index contributed by atoms with van der Waals surface area (Å²) >= 11 is 0. The Hall–Kier alpha value is -2.18. The number of nitrogens with one attached hydrogen (secondary N) is 2. The van der Waals surface area contributed by atoms with Crippen molar-refractivity contribution < 1.29 is 19.1 Å². The molecular weight excluding hydrogens is 260 g/mol. The third-order valence-corrected chi connectivity index (χ3v) is 3.00. The number of aromatic amines is 1. The first-order valence-corrected chi connectivity index (χ1v) is 6.11. The Labute approximate surface area is 116 Å². The van der Waals surface area contributed by atoms with Crippen LogP contribution in [0.3, 0.4) is 0 Å². The number of carbonyl (C=O) groups excluding carboxylic acids is 2. The molecule has 0 radical (unpaired) electrons. The molecule has 2 N–H and O–H groups in total. The van der Waals surface area contributed by atoms with E-state index in [4.69, 9.17) is 9.47 Å². The van der Waals surface area contributed by atoms with Crippen molar-refractivity contribution in [3.8, 4) is 0 Å². The molecule has 1 heterocycles. The normalized spacial score (nSPS) is 10.9. The van der Waals surface area contributed by atoms with Crippen molar-refractivity contribution in [3.05, 3.63) is 36.0 Å². The van der Waals surface area contributed by atoms with Crippen molar-refractivity contribution in [3.63, 3.8) is 0 Å². The summed E-state index contributed by atoms with van der Waals surface area (Å²) in [5, 5.41) is 3.21. The molecule has 0 aliphatic carbocycles. The topological polar surface area (TPSA) is 80.4 Å². The van der Waals surface area contributed by atoms with Gasteiger partial charge in [0.15, 0.2) is 6.29 Å². The molecular formula is C14H16N2O4. The second kappa shape index (κ2) is 6.31. The van der Waals surface area contributed by atoms with E-state index in [0.717, 1.165) is 10.9 Å². The van der Waals surface area contributed by atoms with Gasteiger partial charge in [0.25, 0.3) is 11.7 Å². The molecule has 20 heavy (non-hydrogen) atoms. The van der Waals surface area contributed by atoms with Gasteiger partial charge in [0.1, 0.15) is 0 Å². The van der Waals surface area contributed by atoms with Crippen LogP contribution in [-0.2, 0) is 14.3 Å². The first-order chi connectivity index (χ1) is 9.67. The number of H-pyrrole nitrogens is 1. The average molecular weight is 276 g/mol. The van der Waals surface area contributed by atoms with E-state index >= 15 is 0 Å². The van der Waals surface area contributed by atoms with E-state index in [-0.39, 0.29) is 6.54 Å². The highest BCUT2D eigenvalue weighted by atomic mass is 16.7. The van der Waals surface area contributed by atoms with Crippen LogP contribution in [-0.4, -0.2) is 43.7 Å². The predicted octanol–water partition coefficient (Wildman–Crippen LogP) is 1.09. The fourth-order valence-corrected chi connectivity index (χ4v) is 1.90. The largest absolute Gasteiger partial charge is 0.360 e. The zero-order valence-electron chi connectivity index (χ0n) is 11.3. The summed E-state index contributed by atoms with van der Waals surface area (Å²) in [5.41, 5.74) is 1.17. The number of amides is 1. The van der Waals surface area contributed by atoms with Crippen LogP contribution < -0.4 is 5.32 Å². The number of hydrogen-bond donors (Lipinski definition) is 2. The molecule has 2 rings (SSSR count). The smallest absolute Gasteiger partial charge is 0.292 e. The Bertz CT molecular complexity index is 616. The van der Waals surface area contributed by atoms with E-state index < -0.39 is 18.0 Å². The van der Waals surface area contributed by atoms with E-state index in [0.29, 0.717) is 5.56 Å². The molecule has 0 fully saturated rings. The molecule has 1 aromatic carbocycles. The molecule has 0 bridgehead atoms. The van der Waals surface area contributed by atoms with Gasteiger partial charge >= 0.3 is 0 Å². The van der Waals surface area contributed by atoms with Crippen LogP contribution >= 0.6 is 0 Å². The van der Waals surface area contributed by atoms with Gasteiger partial charge in [0.05, 0.1) is 12.1 Å². The van der Waals surface area contributed by atoms with Crippen molar-refractivity contribution in [2.24, 2.45) is 0 Å². The summed E-state index contributed by atoms with van der Waals surface area (Å²) in [6.07, 6.45) is 0.964. The van der Waals surface area contributed by atoms with Gasteiger partial charge in [0, 0.05) is 31.3 Å². The number of para-hydroxylation sites is 1. The van der Waals surface area contributed by atoms with Gasteiger partial charge in [-0.3, -0.25) is 9.59 Å². The van der Waals surface area contributed by atoms with E-state index in [1.807, 2.05) is 18.2 Å². The Balaban J connectivity index is 2.09. The predicted molar refractivity (Wildman–Crippen MR) is 73.4 cm³/mol. The molecule has 106 valence electrons. The van der Waals surface area contributed by atoms with Crippen LogP contribution in [0.1, 0.15) is 10.4 Å². The lowest BCUT2D eigenvalue weighted by Crippen LogP contribution is -2.38. The molecule has 6 nitrogen and oxygen atoms in total. The summed E-state index contributed by atoms with van der Waals surface area (Å²) in [7, 11) is 2.92. The van der Waals surface area contributed by atoms with E-state index in [1.54, 1.807) is 6.07 Å². The van der Waals surface area contributed by atoms with Crippen LogP contribution in [0.15, 0.2) is 30.5 Å². The Morgan fingerprint density at radius 3 is 2.65 bits per heavy atom. The van der Waals surface area contributed by atoms with E-state index in [1.165, 1.54) is 20.4 Å². The first-order valence-electron chi connectivity index (χ1n) is 6.11. The third-order valence-electron chi connectivity index (χ3n) is 3.00. The Kier molecular flexibility index (Phi) is 4.49. The number of hydrogen-bond acceptors (Lipinski definition) is 4. The zero-order chi connectivity index (χ0) is 14.5. The number of fused-ring (bicyclic) bond motifs is 1. The lowest BCUT2D eigenvalue weighted by molar-refractivity contribution is -0.123. The fraction of sp³-hybridized carbons (Fsp3) is 0.286. The first kappa shape index (κ1) is 14.2. The van der Waals surface area contributed by atoms with E-state index in [9.17, 15) is 9.59 Å². The maximum Gasteiger partial charge on any atom is 0.292 e. The molecule has 0 saturated heterocycles. The molecule has 0 atom stereocenters. The molecule has 0 spiro atoms. The summed E-state index contributed by atoms with van der Waals surface area (Å²) in [6, 6.07) is 7.31. The van der Waals surface area contributed by atoms with E-state index in [2.05, 4.69) is 10.3 Å². The average Bonchev–Trinajstić information content (AvgIpc) is 2.91. The van der Waals surface area contributed by atoms with Crippen molar-refractivity contribution in [1.29, 1.82) is 0 Å². The fourth-order valence-electron chi connectivity index (χ4n) is 1.90. The highest BCUT2D eigenvalue weighted by molar-refractivity contribution is 6.44. The van der Waals surface area contributed by atoms with Gasteiger partial charge in [-0.1, -0.05) is 18.2 Å². The Morgan fingerprint density at radius 1 is 1.25 bits per heavy atom. The van der Waals surface area contributed by atoms with Crippen LogP contribution in [0.5, 0.6) is 0 Å². The number of Topliss-reactive ketones (excluding diaryl/α,β-unsaturated/α-hetero) is 1. The second-order valence-corrected chi connectivity index (χ2v) is 4.19. The van der Waals surface area contributed by atoms with Gasteiger partial charge in [0.2, 0.25) is 0 Å². The summed E-state index contributed by atoms with van der Waals surface area (Å²) in [5.74, 6) is -1.28.